The normalized spacial score (nSPS) is 17.1. The molecule has 0 saturated heterocycles. The number of carbonyl (C=O) groups is 2. The summed E-state index contributed by atoms with van der Waals surface area (Å²) in [6.45, 7) is 4.37. The van der Waals surface area contributed by atoms with Crippen LogP contribution in [0.5, 0.6) is 0 Å². The van der Waals surface area contributed by atoms with Gasteiger partial charge in [-0.1, -0.05) is 85.0 Å². The van der Waals surface area contributed by atoms with Crippen molar-refractivity contribution in [2.45, 2.75) is 77.7 Å². The van der Waals surface area contributed by atoms with Gasteiger partial charge >= 0.3 is 11.9 Å². The van der Waals surface area contributed by atoms with Crippen molar-refractivity contribution in [3.05, 3.63) is 95.7 Å². The third kappa shape index (κ3) is 11.1. The van der Waals surface area contributed by atoms with E-state index in [9.17, 15) is 9.59 Å². The molecule has 1 aliphatic rings. The predicted octanol–water partition coefficient (Wildman–Crippen LogP) is 6.38. The van der Waals surface area contributed by atoms with Gasteiger partial charge in [0, 0.05) is 21.0 Å². The van der Waals surface area contributed by atoms with Gasteiger partial charge in [0.05, 0.1) is 25.9 Å². The second kappa shape index (κ2) is 19.1. The number of methoxy groups -OCH3 is 1. The van der Waals surface area contributed by atoms with Crippen molar-refractivity contribution in [2.75, 3.05) is 26.9 Å². The Balaban J connectivity index is 1.81. The molecule has 1 atom stereocenters. The molecular weight excluding hydrogens is 556 g/mol. The zero-order valence-corrected chi connectivity index (χ0v) is 27.1. The van der Waals surface area contributed by atoms with Crippen LogP contribution in [0.4, 0.5) is 0 Å². The number of rotatable bonds is 18. The molecule has 0 spiro atoms. The quantitative estimate of drug-likeness (QED) is 0.0852. The predicted molar refractivity (Wildman–Crippen MR) is 175 cm³/mol. The molecule has 232 valence electrons. The van der Waals surface area contributed by atoms with E-state index in [0.29, 0.717) is 19.8 Å². The van der Waals surface area contributed by atoms with Crippen molar-refractivity contribution in [3.8, 4) is 0 Å². The highest BCUT2D eigenvalue weighted by atomic mass is 28.4. The summed E-state index contributed by atoms with van der Waals surface area (Å²) >= 11 is 0. The van der Waals surface area contributed by atoms with Gasteiger partial charge in [-0.15, -0.1) is 0 Å². The zero-order chi connectivity index (χ0) is 30.8. The van der Waals surface area contributed by atoms with E-state index in [1.54, 1.807) is 7.11 Å². The van der Waals surface area contributed by atoms with Crippen LogP contribution < -0.4 is 10.4 Å². The topological polar surface area (TPSA) is 71.1 Å². The van der Waals surface area contributed by atoms with Gasteiger partial charge in [-0.2, -0.15) is 0 Å². The van der Waals surface area contributed by atoms with Crippen LogP contribution >= 0.6 is 0 Å². The highest BCUT2D eigenvalue weighted by molar-refractivity contribution is 7.03. The van der Waals surface area contributed by atoms with Gasteiger partial charge in [0.15, 0.2) is 0 Å². The Kier molecular flexibility index (Phi) is 15.2. The van der Waals surface area contributed by atoms with Crippen molar-refractivity contribution in [3.63, 3.8) is 0 Å². The fourth-order valence-electron chi connectivity index (χ4n) is 5.48. The maximum absolute atomic E-state index is 11.2. The molecule has 0 N–H and O–H groups in total. The Labute approximate surface area is 258 Å². The molecule has 3 rings (SSSR count). The molecule has 1 unspecified atom stereocenters. The molecule has 1 heterocycles. The number of ether oxygens (including phenoxy) is 3. The monoisotopic (exact) mass is 604 g/mol. The molecule has 0 amide bonds. The largest absolute Gasteiger partial charge is 0.466 e. The van der Waals surface area contributed by atoms with Gasteiger partial charge in [-0.25, -0.2) is 0 Å². The van der Waals surface area contributed by atoms with Crippen LogP contribution in [0.2, 0.25) is 0 Å². The molecule has 7 heteroatoms. The standard InChI is InChI=1S/C36H48O6Si/c1-30(37)40-26-18-8-6-4-5-7-12-20-33-28-32(29-39-3)36(25-17-11-19-27-41-31(2)38)43(42-33,34-21-13-9-14-22-34)35-23-15-10-16-24-35/h4-5,9-10,13-16,21-25,28,33H,6-8,11-12,17-20,26-27,29H2,1-3H3/b5-4+,36-25+. The molecule has 2 aromatic carbocycles. The van der Waals surface area contributed by atoms with Crippen LogP contribution in [0.3, 0.4) is 0 Å². The molecule has 0 radical (unpaired) electrons. The number of allylic oxidation sites excluding steroid dienone is 3. The molecule has 0 saturated carbocycles. The van der Waals surface area contributed by atoms with Crippen molar-refractivity contribution in [1.82, 2.24) is 0 Å². The second-order valence-corrected chi connectivity index (χ2v) is 14.2. The maximum Gasteiger partial charge on any atom is 0.302 e. The number of benzene rings is 2. The number of carbonyl (C=O) groups excluding carboxylic acids is 2. The van der Waals surface area contributed by atoms with E-state index in [-0.39, 0.29) is 18.0 Å². The van der Waals surface area contributed by atoms with Gasteiger partial charge in [0.1, 0.15) is 0 Å². The Morgan fingerprint density at radius 1 is 0.767 bits per heavy atom. The van der Waals surface area contributed by atoms with Crippen molar-refractivity contribution < 1.29 is 28.2 Å². The molecule has 2 aromatic rings. The molecule has 0 fully saturated rings. The fourth-order valence-corrected chi connectivity index (χ4v) is 9.84. The Morgan fingerprint density at radius 2 is 1.30 bits per heavy atom. The fraction of sp³-hybridized carbons (Fsp3) is 0.444. The van der Waals surface area contributed by atoms with E-state index in [2.05, 4.69) is 85.0 Å². The number of esters is 2. The van der Waals surface area contributed by atoms with Gasteiger partial charge < -0.3 is 18.6 Å². The van der Waals surface area contributed by atoms with Crippen molar-refractivity contribution in [1.29, 1.82) is 0 Å². The number of unbranched alkanes of at least 4 members (excludes halogenated alkanes) is 5. The van der Waals surface area contributed by atoms with Gasteiger partial charge in [-0.05, 0) is 78.9 Å². The first-order valence-electron chi connectivity index (χ1n) is 15.6. The molecule has 0 aliphatic carbocycles. The van der Waals surface area contributed by atoms with Gasteiger partial charge in [0.25, 0.3) is 8.32 Å². The van der Waals surface area contributed by atoms with E-state index in [4.69, 9.17) is 18.6 Å². The lowest BCUT2D eigenvalue weighted by molar-refractivity contribution is -0.142. The zero-order valence-electron chi connectivity index (χ0n) is 26.1. The summed E-state index contributed by atoms with van der Waals surface area (Å²) in [5.74, 6) is -0.449. The lowest BCUT2D eigenvalue weighted by Crippen LogP contribution is -2.65. The summed E-state index contributed by atoms with van der Waals surface area (Å²) in [6.07, 6.45) is 17.6. The van der Waals surface area contributed by atoms with Crippen molar-refractivity contribution in [2.24, 2.45) is 0 Å². The minimum atomic E-state index is -2.84. The summed E-state index contributed by atoms with van der Waals surface area (Å²) in [5.41, 5.74) is 1.21. The summed E-state index contributed by atoms with van der Waals surface area (Å²) in [6, 6.07) is 21.4. The number of hydrogen-bond acceptors (Lipinski definition) is 6. The lowest BCUT2D eigenvalue weighted by atomic mass is 10.1. The van der Waals surface area contributed by atoms with E-state index < -0.39 is 8.32 Å². The molecular formula is C36H48O6Si. The number of hydrogen-bond donors (Lipinski definition) is 0. The summed E-state index contributed by atoms with van der Waals surface area (Å²) in [7, 11) is -1.09. The first-order valence-corrected chi connectivity index (χ1v) is 17.5. The third-order valence-corrected chi connectivity index (χ3v) is 11.7. The van der Waals surface area contributed by atoms with Gasteiger partial charge in [0.2, 0.25) is 0 Å². The summed E-state index contributed by atoms with van der Waals surface area (Å²) in [4.78, 5) is 22.1. The van der Waals surface area contributed by atoms with Crippen LogP contribution in [0, 0.1) is 0 Å². The summed E-state index contributed by atoms with van der Waals surface area (Å²) < 4.78 is 23.3. The highest BCUT2D eigenvalue weighted by Gasteiger charge is 2.48. The van der Waals surface area contributed by atoms with Crippen LogP contribution in [0.1, 0.15) is 71.6 Å². The molecule has 6 nitrogen and oxygen atoms in total. The van der Waals surface area contributed by atoms with Crippen molar-refractivity contribution >= 4 is 30.6 Å². The second-order valence-electron chi connectivity index (χ2n) is 10.9. The molecule has 0 aromatic heterocycles. The Bertz CT molecular complexity index is 1170. The maximum atomic E-state index is 11.2. The van der Waals surface area contributed by atoms with E-state index in [1.165, 1.54) is 35.0 Å². The van der Waals surface area contributed by atoms with Crippen LogP contribution in [0.25, 0.3) is 0 Å². The van der Waals surface area contributed by atoms with E-state index in [0.717, 1.165) is 57.8 Å². The third-order valence-electron chi connectivity index (χ3n) is 7.45. The Hall–Kier alpha value is -3.26. The van der Waals surface area contributed by atoms with Gasteiger partial charge in [-0.3, -0.25) is 9.59 Å². The summed E-state index contributed by atoms with van der Waals surface area (Å²) in [5, 5.41) is 3.71. The Morgan fingerprint density at radius 3 is 1.84 bits per heavy atom. The highest BCUT2D eigenvalue weighted by Crippen LogP contribution is 2.33. The molecule has 0 bridgehead atoms. The first kappa shape index (κ1) is 34.2. The minimum Gasteiger partial charge on any atom is -0.466 e. The van der Waals surface area contributed by atoms with Crippen LogP contribution in [-0.2, 0) is 28.2 Å². The van der Waals surface area contributed by atoms with E-state index >= 15 is 0 Å². The molecule has 1 aliphatic heterocycles. The lowest BCUT2D eigenvalue weighted by Gasteiger charge is -2.42. The SMILES string of the molecule is COCC1=CC(CCC/C=C/CCCCOC(C)=O)O[Si](c2ccccc2)(c2ccccc2)/C1=C/CCCCOC(C)=O. The van der Waals surface area contributed by atoms with Crippen LogP contribution in [0.15, 0.2) is 95.7 Å². The van der Waals surface area contributed by atoms with E-state index in [1.807, 2.05) is 0 Å². The minimum absolute atomic E-state index is 0.0181. The smallest absolute Gasteiger partial charge is 0.302 e. The first-order chi connectivity index (χ1) is 21.0. The average Bonchev–Trinajstić information content (AvgIpc) is 3.01. The average molecular weight is 605 g/mol. The molecule has 43 heavy (non-hydrogen) atoms. The van der Waals surface area contributed by atoms with Crippen LogP contribution in [-0.4, -0.2) is 53.3 Å².